The van der Waals surface area contributed by atoms with Crippen molar-refractivity contribution in [2.45, 2.75) is 26.3 Å². The van der Waals surface area contributed by atoms with E-state index in [-0.39, 0.29) is 5.91 Å². The molecule has 88 valence electrons. The Kier molecular flexibility index (Phi) is 3.38. The molecule has 17 heavy (non-hydrogen) atoms. The topological polar surface area (TPSA) is 57.0 Å². The Labute approximate surface area is 101 Å². The van der Waals surface area contributed by atoms with Crippen LogP contribution in [0.5, 0.6) is 0 Å². The highest BCUT2D eigenvalue weighted by Crippen LogP contribution is 2.22. The average molecular weight is 229 g/mol. The van der Waals surface area contributed by atoms with Gasteiger partial charge < -0.3 is 4.90 Å². The van der Waals surface area contributed by atoms with Gasteiger partial charge in [0.15, 0.2) is 0 Å². The molecule has 1 aromatic rings. The van der Waals surface area contributed by atoms with Gasteiger partial charge in [0.1, 0.15) is 11.8 Å². The lowest BCUT2D eigenvalue weighted by Gasteiger charge is -2.16. The summed E-state index contributed by atoms with van der Waals surface area (Å²) < 4.78 is 0. The quantitative estimate of drug-likeness (QED) is 0.792. The molecule has 0 spiro atoms. The van der Waals surface area contributed by atoms with Gasteiger partial charge in [0.2, 0.25) is 5.91 Å². The minimum atomic E-state index is 0.215. The SMILES string of the molecule is CCC1CC(=O)N(Cc2ccnc(C#N)c2)C1. The molecule has 4 nitrogen and oxygen atoms in total. The Hall–Kier alpha value is -1.89. The molecule has 0 saturated carbocycles. The summed E-state index contributed by atoms with van der Waals surface area (Å²) in [5.41, 5.74) is 1.38. The van der Waals surface area contributed by atoms with Crippen molar-refractivity contribution >= 4 is 5.91 Å². The van der Waals surface area contributed by atoms with E-state index in [1.165, 1.54) is 0 Å². The van der Waals surface area contributed by atoms with Gasteiger partial charge in [0.25, 0.3) is 0 Å². The Balaban J connectivity index is 2.06. The molecule has 1 aliphatic heterocycles. The van der Waals surface area contributed by atoms with Gasteiger partial charge in [-0.1, -0.05) is 13.3 Å². The number of rotatable bonds is 3. The van der Waals surface area contributed by atoms with E-state index >= 15 is 0 Å². The van der Waals surface area contributed by atoms with E-state index in [0.29, 0.717) is 24.6 Å². The molecular formula is C13H15N3O. The first-order chi connectivity index (χ1) is 8.22. The van der Waals surface area contributed by atoms with Gasteiger partial charge in [-0.15, -0.1) is 0 Å². The van der Waals surface area contributed by atoms with E-state index in [9.17, 15) is 4.79 Å². The van der Waals surface area contributed by atoms with E-state index in [1.54, 1.807) is 12.3 Å². The van der Waals surface area contributed by atoms with Crippen molar-refractivity contribution in [1.29, 1.82) is 5.26 Å². The Morgan fingerprint density at radius 1 is 1.65 bits per heavy atom. The van der Waals surface area contributed by atoms with E-state index in [2.05, 4.69) is 11.9 Å². The lowest BCUT2D eigenvalue weighted by Crippen LogP contribution is -2.24. The summed E-state index contributed by atoms with van der Waals surface area (Å²) in [6.45, 7) is 3.54. The maximum absolute atomic E-state index is 11.7. The normalized spacial score (nSPS) is 19.4. The van der Waals surface area contributed by atoms with Gasteiger partial charge in [-0.2, -0.15) is 5.26 Å². The third-order valence-corrected chi connectivity index (χ3v) is 3.18. The second-order valence-electron chi connectivity index (χ2n) is 4.41. The second kappa shape index (κ2) is 4.96. The molecule has 0 aromatic carbocycles. The summed E-state index contributed by atoms with van der Waals surface area (Å²) >= 11 is 0. The van der Waals surface area contributed by atoms with Crippen LogP contribution in [0.1, 0.15) is 31.0 Å². The summed E-state index contributed by atoms with van der Waals surface area (Å²) in [6, 6.07) is 5.61. The number of pyridine rings is 1. The first kappa shape index (κ1) is 11.6. The standard InChI is InChI=1S/C13H15N3O/c1-2-10-6-13(17)16(8-10)9-11-3-4-15-12(5-11)7-14/h3-5,10H,2,6,8-9H2,1H3. The maximum atomic E-state index is 11.7. The molecule has 1 aromatic heterocycles. The largest absolute Gasteiger partial charge is 0.338 e. The van der Waals surface area contributed by atoms with E-state index in [4.69, 9.17) is 5.26 Å². The summed E-state index contributed by atoms with van der Waals surface area (Å²) in [5.74, 6) is 0.701. The molecule has 0 N–H and O–H groups in total. The molecule has 1 amide bonds. The molecule has 2 heterocycles. The minimum absolute atomic E-state index is 0.215. The van der Waals surface area contributed by atoms with Crippen molar-refractivity contribution in [3.63, 3.8) is 0 Å². The number of hydrogen-bond donors (Lipinski definition) is 0. The maximum Gasteiger partial charge on any atom is 0.223 e. The Morgan fingerprint density at radius 3 is 3.12 bits per heavy atom. The van der Waals surface area contributed by atoms with Crippen molar-refractivity contribution in [1.82, 2.24) is 9.88 Å². The first-order valence-electron chi connectivity index (χ1n) is 5.85. The van der Waals surface area contributed by atoms with Gasteiger partial charge in [0.05, 0.1) is 0 Å². The molecule has 0 bridgehead atoms. The molecule has 1 saturated heterocycles. The lowest BCUT2D eigenvalue weighted by atomic mass is 10.1. The molecule has 0 aliphatic carbocycles. The zero-order valence-electron chi connectivity index (χ0n) is 9.89. The van der Waals surface area contributed by atoms with E-state index in [1.807, 2.05) is 17.0 Å². The third kappa shape index (κ3) is 2.62. The lowest BCUT2D eigenvalue weighted by molar-refractivity contribution is -0.128. The van der Waals surface area contributed by atoms with Crippen molar-refractivity contribution in [3.05, 3.63) is 29.6 Å². The highest BCUT2D eigenvalue weighted by Gasteiger charge is 2.27. The monoisotopic (exact) mass is 229 g/mol. The smallest absolute Gasteiger partial charge is 0.223 e. The van der Waals surface area contributed by atoms with Crippen LogP contribution in [0.15, 0.2) is 18.3 Å². The number of nitriles is 1. The van der Waals surface area contributed by atoms with Gasteiger partial charge in [-0.05, 0) is 23.6 Å². The summed E-state index contributed by atoms with van der Waals surface area (Å²) in [6.07, 6.45) is 3.32. The molecule has 1 unspecified atom stereocenters. The van der Waals surface area contributed by atoms with Crippen molar-refractivity contribution < 1.29 is 4.79 Å². The molecule has 1 fully saturated rings. The number of carbonyl (C=O) groups excluding carboxylic acids is 1. The van der Waals surface area contributed by atoms with Crippen LogP contribution in [0, 0.1) is 17.2 Å². The van der Waals surface area contributed by atoms with Crippen LogP contribution in [0.25, 0.3) is 0 Å². The number of hydrogen-bond acceptors (Lipinski definition) is 3. The molecule has 1 atom stereocenters. The third-order valence-electron chi connectivity index (χ3n) is 3.18. The predicted octanol–water partition coefficient (Wildman–Crippen LogP) is 1.71. The molecule has 4 heteroatoms. The van der Waals surface area contributed by atoms with Crippen molar-refractivity contribution in [2.75, 3.05) is 6.54 Å². The fourth-order valence-corrected chi connectivity index (χ4v) is 2.13. The van der Waals surface area contributed by atoms with Crippen molar-refractivity contribution in [3.8, 4) is 6.07 Å². The van der Waals surface area contributed by atoms with Gasteiger partial charge in [-0.3, -0.25) is 4.79 Å². The zero-order chi connectivity index (χ0) is 12.3. The zero-order valence-corrected chi connectivity index (χ0v) is 9.89. The minimum Gasteiger partial charge on any atom is -0.338 e. The highest BCUT2D eigenvalue weighted by atomic mass is 16.2. The van der Waals surface area contributed by atoms with E-state index in [0.717, 1.165) is 18.5 Å². The summed E-state index contributed by atoms with van der Waals surface area (Å²) in [4.78, 5) is 17.5. The molecule has 1 aliphatic rings. The van der Waals surface area contributed by atoms with Crippen LogP contribution in [-0.4, -0.2) is 22.3 Å². The Morgan fingerprint density at radius 2 is 2.47 bits per heavy atom. The average Bonchev–Trinajstić information content (AvgIpc) is 2.70. The van der Waals surface area contributed by atoms with Crippen LogP contribution < -0.4 is 0 Å². The number of carbonyl (C=O) groups is 1. The molecule has 0 radical (unpaired) electrons. The van der Waals surface area contributed by atoms with E-state index < -0.39 is 0 Å². The summed E-state index contributed by atoms with van der Waals surface area (Å²) in [7, 11) is 0. The van der Waals surface area contributed by atoms with Crippen molar-refractivity contribution in [2.24, 2.45) is 5.92 Å². The predicted molar refractivity (Wildman–Crippen MR) is 62.8 cm³/mol. The number of amides is 1. The molecule has 2 rings (SSSR count). The fourth-order valence-electron chi connectivity index (χ4n) is 2.13. The molecular weight excluding hydrogens is 214 g/mol. The van der Waals surface area contributed by atoms with Crippen LogP contribution in [0.4, 0.5) is 0 Å². The van der Waals surface area contributed by atoms with Crippen LogP contribution in [-0.2, 0) is 11.3 Å². The van der Waals surface area contributed by atoms with Gasteiger partial charge >= 0.3 is 0 Å². The second-order valence-corrected chi connectivity index (χ2v) is 4.41. The number of likely N-dealkylation sites (tertiary alicyclic amines) is 1. The highest BCUT2D eigenvalue weighted by molar-refractivity contribution is 5.78. The van der Waals surface area contributed by atoms with Crippen LogP contribution in [0.3, 0.4) is 0 Å². The van der Waals surface area contributed by atoms with Gasteiger partial charge in [0, 0.05) is 25.7 Å². The Bertz CT molecular complexity index is 464. The van der Waals surface area contributed by atoms with Crippen LogP contribution in [0.2, 0.25) is 0 Å². The first-order valence-corrected chi connectivity index (χ1v) is 5.85. The number of nitrogens with zero attached hydrogens (tertiary/aromatic N) is 3. The summed E-state index contributed by atoms with van der Waals surface area (Å²) in [5, 5.41) is 8.76. The van der Waals surface area contributed by atoms with Crippen LogP contribution >= 0.6 is 0 Å². The van der Waals surface area contributed by atoms with Gasteiger partial charge in [-0.25, -0.2) is 4.98 Å². The number of aromatic nitrogens is 1. The fraction of sp³-hybridized carbons (Fsp3) is 0.462.